The minimum Gasteiger partial charge on any atom is -0.478 e. The molecule has 0 unspecified atom stereocenters. The Morgan fingerprint density at radius 2 is 2.28 bits per heavy atom. The summed E-state index contributed by atoms with van der Waals surface area (Å²) in [7, 11) is 0. The third kappa shape index (κ3) is 3.30. The number of aromatic nitrogens is 1. The summed E-state index contributed by atoms with van der Waals surface area (Å²) < 4.78 is 0.736. The molecule has 0 spiro atoms. The van der Waals surface area contributed by atoms with Crippen molar-refractivity contribution < 1.29 is 9.90 Å². The lowest BCUT2D eigenvalue weighted by Crippen LogP contribution is -2.02. The van der Waals surface area contributed by atoms with Crippen molar-refractivity contribution in [1.29, 1.82) is 0 Å². The van der Waals surface area contributed by atoms with Gasteiger partial charge in [0.05, 0.1) is 12.1 Å². The van der Waals surface area contributed by atoms with Crippen LogP contribution in [0.1, 0.15) is 21.1 Å². The smallest absolute Gasteiger partial charge is 0.335 e. The highest BCUT2D eigenvalue weighted by molar-refractivity contribution is 9.10. The molecule has 0 aliphatic rings. The van der Waals surface area contributed by atoms with Crippen LogP contribution in [0.3, 0.4) is 0 Å². The number of anilines is 1. The van der Waals surface area contributed by atoms with E-state index in [-0.39, 0.29) is 5.56 Å². The Hall–Kier alpha value is -1.40. The molecule has 2 aromatic rings. The van der Waals surface area contributed by atoms with Crippen LogP contribution in [0.15, 0.2) is 28.1 Å². The molecule has 0 atom stereocenters. The number of nitrogens with zero attached hydrogens (tertiary/aromatic N) is 1. The molecule has 6 heteroatoms. The highest BCUT2D eigenvalue weighted by Crippen LogP contribution is 2.21. The fourth-order valence-corrected chi connectivity index (χ4v) is 2.68. The summed E-state index contributed by atoms with van der Waals surface area (Å²) in [5.41, 5.74) is 2.01. The van der Waals surface area contributed by atoms with Crippen molar-refractivity contribution in [2.45, 2.75) is 13.5 Å². The molecule has 18 heavy (non-hydrogen) atoms. The second kappa shape index (κ2) is 5.49. The Morgan fingerprint density at radius 1 is 1.50 bits per heavy atom. The van der Waals surface area contributed by atoms with Crippen LogP contribution in [0.4, 0.5) is 5.69 Å². The van der Waals surface area contributed by atoms with Crippen LogP contribution in [-0.4, -0.2) is 16.1 Å². The van der Waals surface area contributed by atoms with Crippen LogP contribution >= 0.6 is 27.3 Å². The lowest BCUT2D eigenvalue weighted by molar-refractivity contribution is 0.0697. The third-order valence-electron chi connectivity index (χ3n) is 2.26. The second-order valence-corrected chi connectivity index (χ2v) is 5.63. The number of halogens is 1. The molecule has 0 aliphatic carbocycles. The first-order chi connectivity index (χ1) is 8.54. The molecule has 0 radical (unpaired) electrons. The maximum absolute atomic E-state index is 10.9. The van der Waals surface area contributed by atoms with Crippen molar-refractivity contribution >= 4 is 38.9 Å². The summed E-state index contributed by atoms with van der Waals surface area (Å²) in [4.78, 5) is 15.3. The van der Waals surface area contributed by atoms with Gasteiger partial charge in [0.15, 0.2) is 0 Å². The Balaban J connectivity index is 2.11. The predicted octanol–water partition coefficient (Wildman–Crippen LogP) is 3.52. The van der Waals surface area contributed by atoms with Crippen molar-refractivity contribution in [3.05, 3.63) is 44.3 Å². The lowest BCUT2D eigenvalue weighted by atomic mass is 10.2. The zero-order valence-electron chi connectivity index (χ0n) is 9.61. The first kappa shape index (κ1) is 13.0. The third-order valence-corrected chi connectivity index (χ3v) is 3.68. The van der Waals surface area contributed by atoms with Crippen LogP contribution in [0.5, 0.6) is 0 Å². The van der Waals surface area contributed by atoms with E-state index in [1.807, 2.05) is 18.4 Å². The standard InChI is InChI=1S/C12H11BrN2O2S/c1-7-6-18-11(15-7)5-14-10-3-8(12(16)17)2-9(13)4-10/h2-4,6,14H,5H2,1H3,(H,16,17). The van der Waals surface area contributed by atoms with Gasteiger partial charge in [-0.15, -0.1) is 11.3 Å². The van der Waals surface area contributed by atoms with E-state index in [4.69, 9.17) is 5.11 Å². The van der Waals surface area contributed by atoms with Crippen molar-refractivity contribution in [2.75, 3.05) is 5.32 Å². The number of hydrogen-bond acceptors (Lipinski definition) is 4. The summed E-state index contributed by atoms with van der Waals surface area (Å²) in [6.07, 6.45) is 0. The summed E-state index contributed by atoms with van der Waals surface area (Å²) in [5.74, 6) is -0.940. The zero-order valence-corrected chi connectivity index (χ0v) is 12.0. The van der Waals surface area contributed by atoms with Crippen LogP contribution in [0, 0.1) is 6.92 Å². The van der Waals surface area contributed by atoms with Crippen LogP contribution < -0.4 is 5.32 Å². The minimum atomic E-state index is -0.940. The average molecular weight is 327 g/mol. The Bertz CT molecular complexity index is 583. The number of hydrogen-bond donors (Lipinski definition) is 2. The molecule has 1 aromatic heterocycles. The number of aromatic carboxylic acids is 1. The topological polar surface area (TPSA) is 62.2 Å². The SMILES string of the molecule is Cc1csc(CNc2cc(Br)cc(C(=O)O)c2)n1. The molecule has 1 heterocycles. The van der Waals surface area contributed by atoms with Gasteiger partial charge in [-0.05, 0) is 25.1 Å². The van der Waals surface area contributed by atoms with Crippen LogP contribution in [0.2, 0.25) is 0 Å². The Labute approximate surface area is 117 Å². The molecule has 0 fully saturated rings. The molecule has 0 bridgehead atoms. The van der Waals surface area contributed by atoms with Gasteiger partial charge in [-0.25, -0.2) is 9.78 Å². The summed E-state index contributed by atoms with van der Waals surface area (Å²) in [6, 6.07) is 5.02. The van der Waals surface area contributed by atoms with E-state index in [1.54, 1.807) is 23.5 Å². The van der Waals surface area contributed by atoms with Crippen molar-refractivity contribution in [1.82, 2.24) is 4.98 Å². The van der Waals surface area contributed by atoms with Gasteiger partial charge in [0.25, 0.3) is 0 Å². The van der Waals surface area contributed by atoms with E-state index < -0.39 is 5.97 Å². The van der Waals surface area contributed by atoms with E-state index >= 15 is 0 Å². The molecule has 0 saturated heterocycles. The molecular formula is C12H11BrN2O2S. The van der Waals surface area contributed by atoms with Crippen LogP contribution in [0.25, 0.3) is 0 Å². The van der Waals surface area contributed by atoms with E-state index in [1.165, 1.54) is 0 Å². The normalized spacial score (nSPS) is 10.3. The average Bonchev–Trinajstić information content (AvgIpc) is 2.72. The van der Waals surface area contributed by atoms with Crippen molar-refractivity contribution in [2.24, 2.45) is 0 Å². The second-order valence-electron chi connectivity index (χ2n) is 3.77. The van der Waals surface area contributed by atoms with Crippen molar-refractivity contribution in [3.63, 3.8) is 0 Å². The minimum absolute atomic E-state index is 0.252. The molecule has 94 valence electrons. The molecular weight excluding hydrogens is 316 g/mol. The number of carboxylic acids is 1. The molecule has 0 aliphatic heterocycles. The fourth-order valence-electron chi connectivity index (χ4n) is 1.48. The van der Waals surface area contributed by atoms with E-state index in [2.05, 4.69) is 26.2 Å². The van der Waals surface area contributed by atoms with E-state index in [0.717, 1.165) is 20.9 Å². The quantitative estimate of drug-likeness (QED) is 0.902. The van der Waals surface area contributed by atoms with Gasteiger partial charge in [-0.3, -0.25) is 0 Å². The molecule has 2 N–H and O–H groups in total. The number of carboxylic acid groups (broad SMARTS) is 1. The molecule has 1 aromatic carbocycles. The number of aryl methyl sites for hydroxylation is 1. The van der Waals surface area contributed by atoms with Gasteiger partial charge in [0.2, 0.25) is 0 Å². The summed E-state index contributed by atoms with van der Waals surface area (Å²) in [6.45, 7) is 2.54. The van der Waals surface area contributed by atoms with Gasteiger partial charge in [-0.2, -0.15) is 0 Å². The van der Waals surface area contributed by atoms with Crippen LogP contribution in [-0.2, 0) is 6.54 Å². The van der Waals surface area contributed by atoms with Gasteiger partial charge in [0, 0.05) is 21.2 Å². The van der Waals surface area contributed by atoms with Gasteiger partial charge in [0.1, 0.15) is 5.01 Å². The fraction of sp³-hybridized carbons (Fsp3) is 0.167. The molecule has 4 nitrogen and oxygen atoms in total. The molecule has 0 saturated carbocycles. The summed E-state index contributed by atoms with van der Waals surface area (Å²) >= 11 is 4.88. The number of carbonyl (C=O) groups is 1. The zero-order chi connectivity index (χ0) is 13.1. The molecule has 2 rings (SSSR count). The predicted molar refractivity (Wildman–Crippen MR) is 75.3 cm³/mol. The maximum atomic E-state index is 10.9. The highest BCUT2D eigenvalue weighted by atomic mass is 79.9. The first-order valence-corrected chi connectivity index (χ1v) is 6.90. The highest BCUT2D eigenvalue weighted by Gasteiger charge is 2.06. The number of rotatable bonds is 4. The summed E-state index contributed by atoms with van der Waals surface area (Å²) in [5, 5.41) is 15.1. The lowest BCUT2D eigenvalue weighted by Gasteiger charge is -2.06. The largest absolute Gasteiger partial charge is 0.478 e. The monoisotopic (exact) mass is 326 g/mol. The van der Waals surface area contributed by atoms with Crippen molar-refractivity contribution in [3.8, 4) is 0 Å². The van der Waals surface area contributed by atoms with E-state index in [0.29, 0.717) is 6.54 Å². The number of benzene rings is 1. The first-order valence-electron chi connectivity index (χ1n) is 5.23. The van der Waals surface area contributed by atoms with E-state index in [9.17, 15) is 4.79 Å². The van der Waals surface area contributed by atoms with Gasteiger partial charge >= 0.3 is 5.97 Å². The van der Waals surface area contributed by atoms with Gasteiger partial charge in [-0.1, -0.05) is 15.9 Å². The molecule has 0 amide bonds. The number of nitrogens with one attached hydrogen (secondary N) is 1. The Kier molecular flexibility index (Phi) is 3.98. The number of thiazole rings is 1. The Morgan fingerprint density at radius 3 is 2.89 bits per heavy atom. The maximum Gasteiger partial charge on any atom is 0.335 e. The van der Waals surface area contributed by atoms with Gasteiger partial charge < -0.3 is 10.4 Å².